The summed E-state index contributed by atoms with van der Waals surface area (Å²) in [6.07, 6.45) is 4.18. The van der Waals surface area contributed by atoms with Gasteiger partial charge in [0.2, 0.25) is 15.9 Å². The van der Waals surface area contributed by atoms with E-state index in [1.807, 2.05) is 31.2 Å². The zero-order valence-electron chi connectivity index (χ0n) is 20.0. The summed E-state index contributed by atoms with van der Waals surface area (Å²) in [5, 5.41) is 9.91. The van der Waals surface area contributed by atoms with Crippen molar-refractivity contribution in [1.82, 2.24) is 4.98 Å². The van der Waals surface area contributed by atoms with Crippen molar-refractivity contribution < 1.29 is 23.1 Å². The molecule has 3 heterocycles. The highest BCUT2D eigenvalue weighted by molar-refractivity contribution is 7.92. The van der Waals surface area contributed by atoms with Gasteiger partial charge in [-0.3, -0.25) is 19.0 Å². The van der Waals surface area contributed by atoms with Crippen LogP contribution in [0.5, 0.6) is 0 Å². The number of sulfonamides is 1. The molecule has 9 nitrogen and oxygen atoms in total. The maximum atomic E-state index is 13.3. The molecule has 1 atom stereocenters. The molecule has 2 aromatic carbocycles. The Balaban J connectivity index is 1.52. The van der Waals surface area contributed by atoms with Gasteiger partial charge in [-0.15, -0.1) is 0 Å². The van der Waals surface area contributed by atoms with Crippen LogP contribution in [0.3, 0.4) is 0 Å². The zero-order valence-corrected chi connectivity index (χ0v) is 20.8. The van der Waals surface area contributed by atoms with Crippen molar-refractivity contribution >= 4 is 39.1 Å². The molecule has 0 aliphatic carbocycles. The van der Waals surface area contributed by atoms with Crippen LogP contribution in [0.25, 0.3) is 11.1 Å². The lowest BCUT2D eigenvalue weighted by Crippen LogP contribution is -2.52. The smallest absolute Gasteiger partial charge is 0.411 e. The first-order valence-electron chi connectivity index (χ1n) is 11.6. The van der Waals surface area contributed by atoms with Crippen molar-refractivity contribution in [3.8, 4) is 11.1 Å². The van der Waals surface area contributed by atoms with Crippen molar-refractivity contribution in [2.45, 2.75) is 25.8 Å². The summed E-state index contributed by atoms with van der Waals surface area (Å²) in [7, 11) is -3.34. The van der Waals surface area contributed by atoms with Crippen molar-refractivity contribution in [3.05, 3.63) is 72.1 Å². The summed E-state index contributed by atoms with van der Waals surface area (Å²) in [6, 6.07) is 14.3. The molecule has 2 aliphatic heterocycles. The van der Waals surface area contributed by atoms with Crippen LogP contribution in [0, 0.1) is 0 Å². The minimum Gasteiger partial charge on any atom is -0.465 e. The van der Waals surface area contributed by atoms with Gasteiger partial charge in [0, 0.05) is 25.5 Å². The minimum atomic E-state index is -3.34. The second-order valence-electron chi connectivity index (χ2n) is 9.18. The van der Waals surface area contributed by atoms with E-state index in [0.29, 0.717) is 30.0 Å². The summed E-state index contributed by atoms with van der Waals surface area (Å²) in [5.41, 5.74) is 5.00. The van der Waals surface area contributed by atoms with Gasteiger partial charge in [-0.1, -0.05) is 18.2 Å². The number of benzene rings is 2. The Hall–Kier alpha value is -3.92. The third-order valence-corrected chi connectivity index (χ3v) is 7.84. The van der Waals surface area contributed by atoms with E-state index in [9.17, 15) is 23.1 Å². The Morgan fingerprint density at radius 1 is 1.06 bits per heavy atom. The van der Waals surface area contributed by atoms with E-state index in [2.05, 4.69) is 4.98 Å². The van der Waals surface area contributed by atoms with Crippen LogP contribution >= 0.6 is 0 Å². The zero-order chi connectivity index (χ0) is 25.6. The first kappa shape index (κ1) is 23.8. The van der Waals surface area contributed by atoms with Gasteiger partial charge >= 0.3 is 6.09 Å². The van der Waals surface area contributed by atoms with E-state index in [1.165, 1.54) is 15.5 Å². The lowest BCUT2D eigenvalue weighted by molar-refractivity contribution is -0.118. The Labute approximate surface area is 209 Å². The van der Waals surface area contributed by atoms with Gasteiger partial charge in [0.15, 0.2) is 0 Å². The number of aromatic nitrogens is 1. The van der Waals surface area contributed by atoms with E-state index in [1.54, 1.807) is 41.6 Å². The van der Waals surface area contributed by atoms with Crippen LogP contribution < -0.4 is 14.1 Å². The Kier molecular flexibility index (Phi) is 5.91. The highest BCUT2D eigenvalue weighted by Crippen LogP contribution is 2.40. The number of nitrogens with zero attached hydrogens (tertiary/aromatic N) is 4. The van der Waals surface area contributed by atoms with Gasteiger partial charge in [0.05, 0.1) is 35.8 Å². The number of fused-ring (bicyclic) bond motifs is 2. The standard InChI is InChI=1S/C26H26N4O5S/c1-17-16-28(26(32)33)24-14-20(19-5-7-22-21(13-19)9-11-29(22)36(2,34)35)6-8-23(24)30(17)25(31)12-18-4-3-10-27-15-18/h3-8,10,13-15,17H,9,11-12,16H2,1-2H3,(H,32,33)/t17-/m0/s1. The number of carbonyl (C=O) groups is 2. The quantitative estimate of drug-likeness (QED) is 0.580. The van der Waals surface area contributed by atoms with E-state index in [4.69, 9.17) is 0 Å². The average molecular weight is 507 g/mol. The molecule has 0 fully saturated rings. The molecule has 1 aromatic heterocycles. The molecule has 0 saturated heterocycles. The third-order valence-electron chi connectivity index (χ3n) is 6.66. The maximum Gasteiger partial charge on any atom is 0.411 e. The predicted molar refractivity (Wildman–Crippen MR) is 138 cm³/mol. The van der Waals surface area contributed by atoms with Crippen LogP contribution in [-0.2, 0) is 27.7 Å². The first-order chi connectivity index (χ1) is 17.1. The lowest BCUT2D eigenvalue weighted by Gasteiger charge is -2.40. The monoisotopic (exact) mass is 506 g/mol. The van der Waals surface area contributed by atoms with Crippen molar-refractivity contribution in [3.63, 3.8) is 0 Å². The molecule has 0 radical (unpaired) electrons. The van der Waals surface area contributed by atoms with E-state index >= 15 is 0 Å². The largest absolute Gasteiger partial charge is 0.465 e. The fourth-order valence-corrected chi connectivity index (χ4v) is 5.98. The summed E-state index contributed by atoms with van der Waals surface area (Å²) in [4.78, 5) is 32.4. The number of hydrogen-bond donors (Lipinski definition) is 1. The number of pyridine rings is 1. The number of rotatable bonds is 4. The minimum absolute atomic E-state index is 0.132. The molecule has 36 heavy (non-hydrogen) atoms. The van der Waals surface area contributed by atoms with Crippen molar-refractivity contribution in [1.29, 1.82) is 0 Å². The maximum absolute atomic E-state index is 13.3. The number of carbonyl (C=O) groups excluding carboxylic acids is 1. The SMILES string of the molecule is C[C@H]1CN(C(=O)O)c2cc(-c3ccc4c(c3)CCN4S(C)(=O)=O)ccc2N1C(=O)Cc1cccnc1. The predicted octanol–water partition coefficient (Wildman–Crippen LogP) is 3.53. The second kappa shape index (κ2) is 8.94. The van der Waals surface area contributed by atoms with E-state index < -0.39 is 16.1 Å². The highest BCUT2D eigenvalue weighted by Gasteiger charge is 2.35. The Morgan fingerprint density at radius 2 is 1.78 bits per heavy atom. The molecule has 2 aliphatic rings. The van der Waals surface area contributed by atoms with E-state index in [-0.39, 0.29) is 24.9 Å². The summed E-state index contributed by atoms with van der Waals surface area (Å²) >= 11 is 0. The van der Waals surface area contributed by atoms with Crippen molar-refractivity contribution in [2.24, 2.45) is 0 Å². The molecule has 0 unspecified atom stereocenters. The number of hydrogen-bond acceptors (Lipinski definition) is 5. The van der Waals surface area contributed by atoms with Crippen LogP contribution in [0.2, 0.25) is 0 Å². The van der Waals surface area contributed by atoms with Gasteiger partial charge in [-0.25, -0.2) is 13.2 Å². The molecule has 10 heteroatoms. The molecule has 0 spiro atoms. The molecule has 0 bridgehead atoms. The summed E-state index contributed by atoms with van der Waals surface area (Å²) in [6.45, 7) is 2.39. The molecule has 0 saturated carbocycles. The average Bonchev–Trinajstić information content (AvgIpc) is 3.27. The number of amides is 2. The van der Waals surface area contributed by atoms with Crippen LogP contribution in [0.15, 0.2) is 60.9 Å². The Bertz CT molecular complexity index is 1460. The summed E-state index contributed by atoms with van der Waals surface area (Å²) in [5.74, 6) is -0.132. The van der Waals surface area contributed by atoms with Gasteiger partial charge in [0.25, 0.3) is 0 Å². The fraction of sp³-hybridized carbons (Fsp3) is 0.269. The molecule has 186 valence electrons. The van der Waals surface area contributed by atoms with Crippen LogP contribution in [0.4, 0.5) is 21.9 Å². The molecule has 3 aromatic rings. The molecular weight excluding hydrogens is 480 g/mol. The summed E-state index contributed by atoms with van der Waals surface area (Å²) < 4.78 is 25.5. The topological polar surface area (TPSA) is 111 Å². The number of anilines is 3. The van der Waals surface area contributed by atoms with Gasteiger partial charge in [0.1, 0.15) is 0 Å². The molecule has 5 rings (SSSR count). The van der Waals surface area contributed by atoms with Crippen LogP contribution in [0.1, 0.15) is 18.1 Å². The van der Waals surface area contributed by atoms with Crippen molar-refractivity contribution in [2.75, 3.05) is 33.5 Å². The fourth-order valence-electron chi connectivity index (χ4n) is 5.02. The Morgan fingerprint density at radius 3 is 2.44 bits per heavy atom. The molecule has 1 N–H and O–H groups in total. The molecule has 2 amide bonds. The lowest BCUT2D eigenvalue weighted by atomic mass is 9.98. The normalized spacial score (nSPS) is 17.1. The van der Waals surface area contributed by atoms with Crippen LogP contribution in [-0.4, -0.2) is 55.9 Å². The third kappa shape index (κ3) is 4.28. The first-order valence-corrected chi connectivity index (χ1v) is 13.4. The van der Waals surface area contributed by atoms with E-state index in [0.717, 1.165) is 22.3 Å². The second-order valence-corrected chi connectivity index (χ2v) is 11.1. The van der Waals surface area contributed by atoms with Gasteiger partial charge < -0.3 is 10.0 Å². The molecular formula is C26H26N4O5S. The van der Waals surface area contributed by atoms with Gasteiger partial charge in [-0.05, 0) is 65.9 Å². The highest BCUT2D eigenvalue weighted by atomic mass is 32.2. The number of carboxylic acid groups (broad SMARTS) is 1. The van der Waals surface area contributed by atoms with Gasteiger partial charge in [-0.2, -0.15) is 0 Å².